The number of amides is 1. The predicted molar refractivity (Wildman–Crippen MR) is 150 cm³/mol. The highest BCUT2D eigenvalue weighted by Crippen LogP contribution is 2.27. The zero-order valence-corrected chi connectivity index (χ0v) is 23.5. The molecule has 0 fully saturated rings. The molecule has 8 heteroatoms. The number of carbonyl (C=O) groups excluding carboxylic acids is 2. The van der Waals surface area contributed by atoms with Crippen molar-refractivity contribution in [3.05, 3.63) is 94.3 Å². The summed E-state index contributed by atoms with van der Waals surface area (Å²) in [5, 5.41) is 2.92. The van der Waals surface area contributed by atoms with Gasteiger partial charge in [0.25, 0.3) is 0 Å². The number of ether oxygens (including phenoxy) is 3. The van der Waals surface area contributed by atoms with E-state index < -0.39 is 17.4 Å². The number of halogens is 2. The van der Waals surface area contributed by atoms with Crippen LogP contribution in [0.4, 0.5) is 4.39 Å². The zero-order chi connectivity index (χ0) is 28.4. The number of esters is 1. The maximum Gasteiger partial charge on any atom is 0.350 e. The lowest BCUT2D eigenvalue weighted by molar-refractivity contribution is -0.160. The van der Waals surface area contributed by atoms with Crippen LogP contribution in [0.1, 0.15) is 50.3 Å². The first-order valence-corrected chi connectivity index (χ1v) is 13.4. The highest BCUT2D eigenvalue weighted by molar-refractivity contribution is 6.31. The Hall–Kier alpha value is -3.58. The van der Waals surface area contributed by atoms with Gasteiger partial charge in [-0.05, 0) is 67.3 Å². The Labute approximate surface area is 234 Å². The van der Waals surface area contributed by atoms with Gasteiger partial charge in [-0.25, -0.2) is 9.18 Å². The molecule has 39 heavy (non-hydrogen) atoms. The second-order valence-corrected chi connectivity index (χ2v) is 10.1. The Morgan fingerprint density at radius 3 is 2.28 bits per heavy atom. The Kier molecular flexibility index (Phi) is 10.8. The number of rotatable bonds is 13. The molecule has 0 radical (unpaired) electrons. The van der Waals surface area contributed by atoms with Crippen LogP contribution in [-0.2, 0) is 27.2 Å². The summed E-state index contributed by atoms with van der Waals surface area (Å²) in [7, 11) is 0. The summed E-state index contributed by atoms with van der Waals surface area (Å²) in [5.74, 6) is 0.291. The van der Waals surface area contributed by atoms with Crippen LogP contribution in [0.25, 0.3) is 0 Å². The maximum absolute atomic E-state index is 13.9. The Bertz CT molecular complexity index is 1230. The van der Waals surface area contributed by atoms with Crippen molar-refractivity contribution >= 4 is 23.5 Å². The molecule has 1 N–H and O–H groups in total. The van der Waals surface area contributed by atoms with E-state index in [2.05, 4.69) is 19.2 Å². The molecule has 1 amide bonds. The number of hydrogen-bond acceptors (Lipinski definition) is 5. The van der Waals surface area contributed by atoms with E-state index in [9.17, 15) is 14.0 Å². The van der Waals surface area contributed by atoms with Crippen molar-refractivity contribution in [3.63, 3.8) is 0 Å². The predicted octanol–water partition coefficient (Wildman–Crippen LogP) is 6.28. The summed E-state index contributed by atoms with van der Waals surface area (Å²) in [6, 6.07) is 19.3. The highest BCUT2D eigenvalue weighted by atomic mass is 35.5. The van der Waals surface area contributed by atoms with Gasteiger partial charge in [0.2, 0.25) is 11.5 Å². The molecule has 3 aromatic carbocycles. The van der Waals surface area contributed by atoms with Gasteiger partial charge in [0, 0.05) is 17.0 Å². The van der Waals surface area contributed by atoms with Gasteiger partial charge in [0.15, 0.2) is 0 Å². The van der Waals surface area contributed by atoms with Gasteiger partial charge in [-0.1, -0.05) is 55.8 Å². The monoisotopic (exact) mass is 555 g/mol. The highest BCUT2D eigenvalue weighted by Gasteiger charge is 2.37. The van der Waals surface area contributed by atoms with Crippen LogP contribution in [0.3, 0.4) is 0 Å². The van der Waals surface area contributed by atoms with E-state index >= 15 is 0 Å². The lowest BCUT2D eigenvalue weighted by atomic mass is 9.96. The average Bonchev–Trinajstić information content (AvgIpc) is 2.90. The van der Waals surface area contributed by atoms with Crippen molar-refractivity contribution in [3.8, 4) is 11.5 Å². The molecule has 0 aliphatic heterocycles. The summed E-state index contributed by atoms with van der Waals surface area (Å²) >= 11 is 5.98. The van der Waals surface area contributed by atoms with Crippen LogP contribution in [-0.4, -0.2) is 37.2 Å². The molecular weight excluding hydrogens is 521 g/mol. The van der Waals surface area contributed by atoms with Gasteiger partial charge in [-0.3, -0.25) is 4.79 Å². The van der Waals surface area contributed by atoms with Gasteiger partial charge in [-0.2, -0.15) is 0 Å². The van der Waals surface area contributed by atoms with E-state index in [-0.39, 0.29) is 42.7 Å². The van der Waals surface area contributed by atoms with Crippen LogP contribution in [0.15, 0.2) is 66.7 Å². The van der Waals surface area contributed by atoms with Crippen LogP contribution in [0, 0.1) is 5.82 Å². The third kappa shape index (κ3) is 8.72. The van der Waals surface area contributed by atoms with Crippen molar-refractivity contribution in [2.24, 2.45) is 0 Å². The van der Waals surface area contributed by atoms with E-state index in [0.717, 1.165) is 5.56 Å². The molecule has 0 heterocycles. The van der Waals surface area contributed by atoms with Crippen molar-refractivity contribution < 1.29 is 28.2 Å². The Morgan fingerprint density at radius 1 is 1.00 bits per heavy atom. The van der Waals surface area contributed by atoms with Gasteiger partial charge >= 0.3 is 5.97 Å². The van der Waals surface area contributed by atoms with Crippen molar-refractivity contribution in [2.75, 3.05) is 19.8 Å². The molecule has 1 atom stereocenters. The summed E-state index contributed by atoms with van der Waals surface area (Å²) in [4.78, 5) is 25.0. The summed E-state index contributed by atoms with van der Waals surface area (Å²) in [6.07, 6.45) is 0.149. The van der Waals surface area contributed by atoms with Crippen molar-refractivity contribution in [1.29, 1.82) is 0 Å². The minimum Gasteiger partial charge on any atom is -0.492 e. The van der Waals surface area contributed by atoms with Crippen LogP contribution < -0.4 is 14.8 Å². The molecule has 0 aliphatic carbocycles. The van der Waals surface area contributed by atoms with Gasteiger partial charge < -0.3 is 19.5 Å². The molecule has 208 valence electrons. The molecule has 3 aromatic rings. The third-order valence-electron chi connectivity index (χ3n) is 6.15. The van der Waals surface area contributed by atoms with Gasteiger partial charge in [-0.15, -0.1) is 0 Å². The quantitative estimate of drug-likeness (QED) is 0.198. The molecule has 0 aliphatic rings. The standard InChI is InChI=1S/C31H35ClFNO5/c1-5-37-30(36)31(4,39-25-15-11-23(12-16-25)21(2)3)20-22-9-13-24(14-10-22)38-18-17-34-29(35)19-26-27(32)7-6-8-28(26)33/h6-16,21H,5,17-20H2,1-4H3,(H,34,35). The lowest BCUT2D eigenvalue weighted by Crippen LogP contribution is -2.45. The normalized spacial score (nSPS) is 12.5. The van der Waals surface area contributed by atoms with Crippen molar-refractivity contribution in [2.45, 2.75) is 52.1 Å². The minimum atomic E-state index is -1.22. The fourth-order valence-corrected chi connectivity index (χ4v) is 4.22. The first kappa shape index (κ1) is 30.0. The van der Waals surface area contributed by atoms with Crippen LogP contribution in [0.5, 0.6) is 11.5 Å². The smallest absolute Gasteiger partial charge is 0.350 e. The van der Waals surface area contributed by atoms with Crippen LogP contribution in [0.2, 0.25) is 5.02 Å². The van der Waals surface area contributed by atoms with Gasteiger partial charge in [0.1, 0.15) is 23.9 Å². The zero-order valence-electron chi connectivity index (χ0n) is 22.8. The topological polar surface area (TPSA) is 73.9 Å². The van der Waals surface area contributed by atoms with E-state index in [1.165, 1.54) is 17.7 Å². The van der Waals surface area contributed by atoms with E-state index in [1.54, 1.807) is 32.0 Å². The Morgan fingerprint density at radius 2 is 1.67 bits per heavy atom. The maximum atomic E-state index is 13.9. The third-order valence-corrected chi connectivity index (χ3v) is 6.51. The fraction of sp³-hybridized carbons (Fsp3) is 0.355. The largest absolute Gasteiger partial charge is 0.492 e. The minimum absolute atomic E-state index is 0.149. The molecule has 0 aromatic heterocycles. The first-order valence-electron chi connectivity index (χ1n) is 13.0. The second-order valence-electron chi connectivity index (χ2n) is 9.67. The summed E-state index contributed by atoms with van der Waals surface area (Å²) < 4.78 is 31.1. The van der Waals surface area contributed by atoms with E-state index in [4.69, 9.17) is 25.8 Å². The molecule has 1 unspecified atom stereocenters. The van der Waals surface area contributed by atoms with Gasteiger partial charge in [0.05, 0.1) is 19.6 Å². The fourth-order valence-electron chi connectivity index (χ4n) is 3.99. The molecular formula is C31H35ClFNO5. The molecule has 0 saturated carbocycles. The van der Waals surface area contributed by atoms with Crippen LogP contribution >= 0.6 is 11.6 Å². The summed E-state index contributed by atoms with van der Waals surface area (Å²) in [5.41, 5.74) is 1.000. The Balaban J connectivity index is 1.54. The molecule has 0 spiro atoms. The SMILES string of the molecule is CCOC(=O)C(C)(Cc1ccc(OCCNC(=O)Cc2c(F)cccc2Cl)cc1)Oc1ccc(C(C)C)cc1. The molecule has 0 saturated heterocycles. The lowest BCUT2D eigenvalue weighted by Gasteiger charge is -2.29. The molecule has 6 nitrogen and oxygen atoms in total. The average molecular weight is 556 g/mol. The number of carbonyl (C=O) groups is 2. The number of nitrogens with one attached hydrogen (secondary N) is 1. The van der Waals surface area contributed by atoms with E-state index in [0.29, 0.717) is 23.8 Å². The molecule has 0 bridgehead atoms. The summed E-state index contributed by atoms with van der Waals surface area (Å²) in [6.45, 7) is 8.45. The molecule has 3 rings (SSSR count). The number of hydrogen-bond donors (Lipinski definition) is 1. The first-order chi connectivity index (χ1) is 18.6. The number of benzene rings is 3. The second kappa shape index (κ2) is 14.0. The van der Waals surface area contributed by atoms with Crippen molar-refractivity contribution in [1.82, 2.24) is 5.32 Å². The van der Waals surface area contributed by atoms with E-state index in [1.807, 2.05) is 36.4 Å².